The van der Waals surface area contributed by atoms with Crippen molar-refractivity contribution in [2.45, 2.75) is 10.1 Å². The Labute approximate surface area is 155 Å². The Balaban J connectivity index is 1.85. The van der Waals surface area contributed by atoms with Crippen LogP contribution in [0.3, 0.4) is 0 Å². The number of oxazole rings is 1. The monoisotopic (exact) mass is 387 g/mol. The van der Waals surface area contributed by atoms with Crippen LogP contribution >= 0.6 is 11.8 Å². The molecule has 0 spiro atoms. The van der Waals surface area contributed by atoms with E-state index in [9.17, 15) is 15.2 Å². The summed E-state index contributed by atoms with van der Waals surface area (Å²) in [6, 6.07) is 8.92. The van der Waals surface area contributed by atoms with E-state index >= 15 is 0 Å². The van der Waals surface area contributed by atoms with Gasteiger partial charge in [0.25, 0.3) is 5.22 Å². The lowest BCUT2D eigenvalue weighted by atomic mass is 10.2. The van der Waals surface area contributed by atoms with E-state index in [0.29, 0.717) is 21.2 Å². The van der Waals surface area contributed by atoms with E-state index in [1.807, 2.05) is 18.2 Å². The lowest BCUT2D eigenvalue weighted by Gasteiger charge is -2.18. The minimum atomic E-state index is -0.538. The zero-order chi connectivity index (χ0) is 19.0. The number of nitro groups is 1. The van der Waals surface area contributed by atoms with Crippen LogP contribution in [0.4, 0.5) is 11.4 Å². The molecule has 138 valence electrons. The van der Waals surface area contributed by atoms with Crippen LogP contribution in [0, 0.1) is 10.1 Å². The topological polar surface area (TPSA) is 132 Å². The molecule has 10 nitrogen and oxygen atoms in total. The quantitative estimate of drug-likeness (QED) is 0.389. The normalized spacial score (nSPS) is 11.3. The number of fused-ring (bicyclic) bond motifs is 2. The summed E-state index contributed by atoms with van der Waals surface area (Å²) >= 11 is 1.17. The molecule has 2 heterocycles. The number of hydrogen-bond acceptors (Lipinski definition) is 10. The van der Waals surface area contributed by atoms with Crippen LogP contribution < -0.4 is 4.90 Å². The van der Waals surface area contributed by atoms with Gasteiger partial charge >= 0.3 is 5.69 Å². The van der Waals surface area contributed by atoms with Gasteiger partial charge in [-0.2, -0.15) is 0 Å². The van der Waals surface area contributed by atoms with Gasteiger partial charge in [-0.1, -0.05) is 12.1 Å². The molecule has 0 aliphatic rings. The molecule has 0 aliphatic carbocycles. The average Bonchev–Trinajstić information content (AvgIpc) is 3.27. The lowest BCUT2D eigenvalue weighted by molar-refractivity contribution is -0.382. The van der Waals surface area contributed by atoms with Crippen molar-refractivity contribution in [1.82, 2.24) is 15.3 Å². The molecule has 0 bridgehead atoms. The first-order valence-corrected chi connectivity index (χ1v) is 8.69. The molecule has 0 aliphatic heterocycles. The summed E-state index contributed by atoms with van der Waals surface area (Å²) in [5.41, 5.74) is 1.67. The third-order valence-electron chi connectivity index (χ3n) is 3.96. The van der Waals surface area contributed by atoms with Crippen molar-refractivity contribution in [2.24, 2.45) is 0 Å². The van der Waals surface area contributed by atoms with Crippen LogP contribution in [-0.2, 0) is 0 Å². The van der Waals surface area contributed by atoms with Crippen molar-refractivity contribution in [3.63, 3.8) is 0 Å². The Morgan fingerprint density at radius 2 is 2.07 bits per heavy atom. The largest absolute Gasteiger partial charge is 0.431 e. The number of anilines is 1. The third kappa shape index (κ3) is 3.06. The Morgan fingerprint density at radius 1 is 1.30 bits per heavy atom. The second kappa shape index (κ2) is 6.85. The fourth-order valence-corrected chi connectivity index (χ4v) is 3.56. The van der Waals surface area contributed by atoms with E-state index in [-0.39, 0.29) is 35.6 Å². The summed E-state index contributed by atoms with van der Waals surface area (Å²) < 4.78 is 10.5. The zero-order valence-corrected chi connectivity index (χ0v) is 14.8. The fraction of sp³-hybridized carbons (Fsp3) is 0.188. The highest BCUT2D eigenvalue weighted by Crippen LogP contribution is 2.42. The molecule has 4 aromatic rings. The fourth-order valence-electron chi connectivity index (χ4n) is 2.70. The predicted molar refractivity (Wildman–Crippen MR) is 96.9 cm³/mol. The highest BCUT2D eigenvalue weighted by molar-refractivity contribution is 7.99. The molecular formula is C16H13N5O5S. The van der Waals surface area contributed by atoms with Gasteiger partial charge in [0.1, 0.15) is 11.2 Å². The van der Waals surface area contributed by atoms with Gasteiger partial charge in [-0.15, -0.1) is 0 Å². The standard InChI is InChI=1S/C16H13N5O5S/c1-20(6-7-22)10-8-12(13-14(19-26-18-13)15(10)21(23)24)27-16-17-9-4-2-3-5-11(9)25-16/h2-5,8,22H,6-7H2,1H3. The van der Waals surface area contributed by atoms with Crippen molar-refractivity contribution in [3.8, 4) is 0 Å². The van der Waals surface area contributed by atoms with Crippen molar-refractivity contribution in [3.05, 3.63) is 40.4 Å². The van der Waals surface area contributed by atoms with Crippen LogP contribution in [0.1, 0.15) is 0 Å². The van der Waals surface area contributed by atoms with E-state index in [1.165, 1.54) is 11.8 Å². The molecule has 0 saturated heterocycles. The number of nitro benzene ring substituents is 1. The minimum Gasteiger partial charge on any atom is -0.431 e. The van der Waals surface area contributed by atoms with Crippen LogP contribution in [0.25, 0.3) is 22.1 Å². The number of aliphatic hydroxyl groups is 1. The minimum absolute atomic E-state index is 0.0286. The van der Waals surface area contributed by atoms with Gasteiger partial charge in [0, 0.05) is 13.6 Å². The molecule has 2 aromatic carbocycles. The molecule has 0 unspecified atom stereocenters. The number of para-hydroxylation sites is 2. The van der Waals surface area contributed by atoms with Gasteiger partial charge in [0.15, 0.2) is 11.1 Å². The van der Waals surface area contributed by atoms with Crippen LogP contribution in [0.15, 0.2) is 49.5 Å². The molecule has 27 heavy (non-hydrogen) atoms. The van der Waals surface area contributed by atoms with E-state index in [2.05, 4.69) is 15.3 Å². The summed E-state index contributed by atoms with van der Waals surface area (Å²) in [7, 11) is 1.64. The highest BCUT2D eigenvalue weighted by atomic mass is 32.2. The highest BCUT2D eigenvalue weighted by Gasteiger charge is 2.28. The maximum absolute atomic E-state index is 11.6. The number of hydrogen-bond donors (Lipinski definition) is 1. The third-order valence-corrected chi connectivity index (χ3v) is 4.84. The average molecular weight is 387 g/mol. The van der Waals surface area contributed by atoms with Gasteiger partial charge in [-0.05, 0) is 40.3 Å². The maximum Gasteiger partial charge on any atom is 0.323 e. The van der Waals surface area contributed by atoms with E-state index in [0.717, 1.165) is 0 Å². The van der Waals surface area contributed by atoms with Gasteiger partial charge in [-0.3, -0.25) is 10.1 Å². The molecule has 0 radical (unpaired) electrons. The second-order valence-electron chi connectivity index (χ2n) is 5.66. The Hall–Kier alpha value is -3.18. The first-order chi connectivity index (χ1) is 13.1. The van der Waals surface area contributed by atoms with Gasteiger partial charge in [0.05, 0.1) is 16.4 Å². The summed E-state index contributed by atoms with van der Waals surface area (Å²) in [5.74, 6) is 0. The smallest absolute Gasteiger partial charge is 0.323 e. The molecule has 4 rings (SSSR count). The van der Waals surface area contributed by atoms with Crippen LogP contribution in [0.2, 0.25) is 0 Å². The van der Waals surface area contributed by atoms with E-state index < -0.39 is 4.92 Å². The summed E-state index contributed by atoms with van der Waals surface area (Å²) in [6.45, 7) is 0.0565. The van der Waals surface area contributed by atoms with Crippen molar-refractivity contribution < 1.29 is 19.1 Å². The van der Waals surface area contributed by atoms with E-state index in [4.69, 9.17) is 9.05 Å². The van der Waals surface area contributed by atoms with Crippen molar-refractivity contribution in [2.75, 3.05) is 25.1 Å². The van der Waals surface area contributed by atoms with Gasteiger partial charge < -0.3 is 14.4 Å². The molecule has 11 heteroatoms. The van der Waals surface area contributed by atoms with E-state index in [1.54, 1.807) is 24.1 Å². The molecule has 0 saturated carbocycles. The van der Waals surface area contributed by atoms with Gasteiger partial charge in [-0.25, -0.2) is 9.61 Å². The molecule has 0 atom stereocenters. The van der Waals surface area contributed by atoms with Crippen LogP contribution in [-0.4, -0.2) is 45.5 Å². The number of likely N-dealkylation sites (N-methyl/N-ethyl adjacent to an activating group) is 1. The van der Waals surface area contributed by atoms with Crippen molar-refractivity contribution in [1.29, 1.82) is 0 Å². The Morgan fingerprint density at radius 3 is 2.81 bits per heavy atom. The zero-order valence-electron chi connectivity index (χ0n) is 14.0. The number of aromatic nitrogens is 3. The molecule has 1 N–H and O–H groups in total. The van der Waals surface area contributed by atoms with Crippen LogP contribution in [0.5, 0.6) is 0 Å². The number of rotatable bonds is 6. The first kappa shape index (κ1) is 17.2. The predicted octanol–water partition coefficient (Wildman–Crippen LogP) is 2.85. The number of benzene rings is 2. The summed E-state index contributed by atoms with van der Waals surface area (Å²) in [4.78, 5) is 17.6. The molecule has 0 fully saturated rings. The molecular weight excluding hydrogens is 374 g/mol. The lowest BCUT2D eigenvalue weighted by Crippen LogP contribution is -2.22. The first-order valence-electron chi connectivity index (χ1n) is 7.87. The van der Waals surface area contributed by atoms with Crippen molar-refractivity contribution >= 4 is 45.3 Å². The number of aliphatic hydroxyl groups excluding tert-OH is 1. The Kier molecular flexibility index (Phi) is 4.38. The number of nitrogens with zero attached hydrogens (tertiary/aromatic N) is 5. The SMILES string of the molecule is CN(CCO)c1cc(Sc2nc3ccccc3o2)c2nonc2c1[N+](=O)[O-]. The van der Waals surface area contributed by atoms with Gasteiger partial charge in [0.2, 0.25) is 5.52 Å². The second-order valence-corrected chi connectivity index (χ2v) is 6.65. The molecule has 0 amide bonds. The maximum atomic E-state index is 11.6. The summed E-state index contributed by atoms with van der Waals surface area (Å²) in [6.07, 6.45) is 0. The summed E-state index contributed by atoms with van der Waals surface area (Å²) in [5, 5.41) is 28.7. The Bertz CT molecular complexity index is 1110. The molecule has 2 aromatic heterocycles.